The number of anilines is 1. The molecule has 1 aromatic carbocycles. The number of para-hydroxylation sites is 1. The standard InChI is InChI=1S/C13H15N3O2/c1-16-9-11(8-14-16)15-13(17)7-10-5-3-4-6-12(10)18-2/h3-6,8-9H,7H2,1-2H3,(H,15,17). The van der Waals surface area contributed by atoms with Crippen molar-refractivity contribution in [1.29, 1.82) is 0 Å². The number of amides is 1. The summed E-state index contributed by atoms with van der Waals surface area (Å²) in [4.78, 5) is 11.9. The number of hydrogen-bond donors (Lipinski definition) is 1. The maximum atomic E-state index is 11.9. The van der Waals surface area contributed by atoms with Crippen LogP contribution in [0.4, 0.5) is 5.69 Å². The molecule has 1 amide bonds. The number of rotatable bonds is 4. The van der Waals surface area contributed by atoms with Crippen molar-refractivity contribution in [3.05, 3.63) is 42.2 Å². The minimum atomic E-state index is -0.0903. The Hall–Kier alpha value is -2.30. The molecule has 18 heavy (non-hydrogen) atoms. The molecule has 0 aliphatic rings. The lowest BCUT2D eigenvalue weighted by Crippen LogP contribution is -2.14. The summed E-state index contributed by atoms with van der Waals surface area (Å²) in [6.07, 6.45) is 3.64. The second-order valence-corrected chi connectivity index (χ2v) is 3.94. The molecular formula is C13H15N3O2. The number of benzene rings is 1. The van der Waals surface area contributed by atoms with Crippen LogP contribution in [0, 0.1) is 0 Å². The summed E-state index contributed by atoms with van der Waals surface area (Å²) in [5, 5.41) is 6.77. The fourth-order valence-corrected chi connectivity index (χ4v) is 1.71. The largest absolute Gasteiger partial charge is 0.496 e. The van der Waals surface area contributed by atoms with Crippen molar-refractivity contribution in [3.63, 3.8) is 0 Å². The van der Waals surface area contributed by atoms with E-state index in [-0.39, 0.29) is 12.3 Å². The molecule has 0 atom stereocenters. The Bertz CT molecular complexity index is 549. The summed E-state index contributed by atoms with van der Waals surface area (Å²) >= 11 is 0. The van der Waals surface area contributed by atoms with Crippen LogP contribution >= 0.6 is 0 Å². The Morgan fingerprint density at radius 3 is 2.89 bits per heavy atom. The Morgan fingerprint density at radius 1 is 1.44 bits per heavy atom. The Balaban J connectivity index is 2.03. The van der Waals surface area contributed by atoms with Gasteiger partial charge in [0.1, 0.15) is 5.75 Å². The van der Waals surface area contributed by atoms with Gasteiger partial charge in [-0.1, -0.05) is 18.2 Å². The van der Waals surface area contributed by atoms with Crippen molar-refractivity contribution >= 4 is 11.6 Å². The summed E-state index contributed by atoms with van der Waals surface area (Å²) in [5.41, 5.74) is 1.55. The van der Waals surface area contributed by atoms with Crippen LogP contribution < -0.4 is 10.1 Å². The van der Waals surface area contributed by atoms with Gasteiger partial charge in [0, 0.05) is 18.8 Å². The maximum Gasteiger partial charge on any atom is 0.229 e. The van der Waals surface area contributed by atoms with Crippen molar-refractivity contribution in [3.8, 4) is 5.75 Å². The highest BCUT2D eigenvalue weighted by molar-refractivity contribution is 5.92. The number of carbonyl (C=O) groups excluding carboxylic acids is 1. The molecule has 0 saturated carbocycles. The number of hydrogen-bond acceptors (Lipinski definition) is 3. The van der Waals surface area contributed by atoms with Gasteiger partial charge in [0.2, 0.25) is 5.91 Å². The zero-order chi connectivity index (χ0) is 13.0. The van der Waals surface area contributed by atoms with Crippen LogP contribution in [0.15, 0.2) is 36.7 Å². The van der Waals surface area contributed by atoms with Crippen molar-refractivity contribution in [2.24, 2.45) is 7.05 Å². The van der Waals surface area contributed by atoms with Crippen LogP contribution in [-0.2, 0) is 18.3 Å². The average molecular weight is 245 g/mol. The number of nitrogens with zero attached hydrogens (tertiary/aromatic N) is 2. The lowest BCUT2D eigenvalue weighted by molar-refractivity contribution is -0.115. The van der Waals surface area contributed by atoms with Gasteiger partial charge < -0.3 is 10.1 Å². The first-order valence-corrected chi connectivity index (χ1v) is 5.59. The predicted molar refractivity (Wildman–Crippen MR) is 68.5 cm³/mol. The van der Waals surface area contributed by atoms with E-state index in [1.54, 1.807) is 31.2 Å². The summed E-state index contributed by atoms with van der Waals surface area (Å²) in [6.45, 7) is 0. The molecule has 0 aliphatic carbocycles. The summed E-state index contributed by atoms with van der Waals surface area (Å²) in [5.74, 6) is 0.631. The van der Waals surface area contributed by atoms with Gasteiger partial charge in [-0.25, -0.2) is 0 Å². The van der Waals surface area contributed by atoms with Gasteiger partial charge in [-0.15, -0.1) is 0 Å². The van der Waals surface area contributed by atoms with Crippen molar-refractivity contribution in [2.45, 2.75) is 6.42 Å². The molecule has 0 spiro atoms. The smallest absolute Gasteiger partial charge is 0.229 e. The quantitative estimate of drug-likeness (QED) is 0.890. The summed E-state index contributed by atoms with van der Waals surface area (Å²) in [6, 6.07) is 7.48. The molecule has 0 bridgehead atoms. The molecule has 1 aromatic heterocycles. The van der Waals surface area contributed by atoms with Crippen LogP contribution in [0.5, 0.6) is 5.75 Å². The number of methoxy groups -OCH3 is 1. The van der Waals surface area contributed by atoms with E-state index in [2.05, 4.69) is 10.4 Å². The summed E-state index contributed by atoms with van der Waals surface area (Å²) in [7, 11) is 3.40. The molecule has 2 aromatic rings. The minimum Gasteiger partial charge on any atom is -0.496 e. The number of aromatic nitrogens is 2. The first-order chi connectivity index (χ1) is 8.69. The maximum absolute atomic E-state index is 11.9. The Labute approximate surface area is 105 Å². The zero-order valence-corrected chi connectivity index (χ0v) is 10.4. The highest BCUT2D eigenvalue weighted by Gasteiger charge is 2.08. The van der Waals surface area contributed by atoms with Gasteiger partial charge >= 0.3 is 0 Å². The number of aryl methyl sites for hydroxylation is 1. The van der Waals surface area contributed by atoms with Gasteiger partial charge in [-0.2, -0.15) is 5.10 Å². The molecule has 1 N–H and O–H groups in total. The molecule has 0 saturated heterocycles. The van der Waals surface area contributed by atoms with Crippen LogP contribution in [0.1, 0.15) is 5.56 Å². The molecule has 2 rings (SSSR count). The molecule has 0 unspecified atom stereocenters. The third kappa shape index (κ3) is 2.88. The minimum absolute atomic E-state index is 0.0903. The third-order valence-electron chi connectivity index (χ3n) is 2.53. The predicted octanol–water partition coefficient (Wildman–Crippen LogP) is 1.61. The van der Waals surface area contributed by atoms with Crippen LogP contribution in [0.2, 0.25) is 0 Å². The lowest BCUT2D eigenvalue weighted by Gasteiger charge is -2.07. The topological polar surface area (TPSA) is 56.1 Å². The first kappa shape index (κ1) is 12.2. The van der Waals surface area contributed by atoms with Crippen molar-refractivity contribution in [1.82, 2.24) is 9.78 Å². The van der Waals surface area contributed by atoms with Crippen molar-refractivity contribution < 1.29 is 9.53 Å². The molecule has 94 valence electrons. The van der Waals surface area contributed by atoms with Crippen LogP contribution in [-0.4, -0.2) is 22.8 Å². The molecule has 5 nitrogen and oxygen atoms in total. The second kappa shape index (κ2) is 5.35. The normalized spacial score (nSPS) is 10.1. The second-order valence-electron chi connectivity index (χ2n) is 3.94. The molecule has 0 fully saturated rings. The van der Waals surface area contributed by atoms with E-state index in [0.717, 1.165) is 11.3 Å². The highest BCUT2D eigenvalue weighted by atomic mass is 16.5. The van der Waals surface area contributed by atoms with E-state index in [4.69, 9.17) is 4.74 Å². The number of nitrogens with one attached hydrogen (secondary N) is 1. The third-order valence-corrected chi connectivity index (χ3v) is 2.53. The van der Waals surface area contributed by atoms with E-state index >= 15 is 0 Å². The van der Waals surface area contributed by atoms with E-state index < -0.39 is 0 Å². The molecule has 0 radical (unpaired) electrons. The molecular weight excluding hydrogens is 230 g/mol. The monoisotopic (exact) mass is 245 g/mol. The lowest BCUT2D eigenvalue weighted by atomic mass is 10.1. The van der Waals surface area contributed by atoms with Gasteiger partial charge in [0.05, 0.1) is 25.4 Å². The SMILES string of the molecule is COc1ccccc1CC(=O)Nc1cnn(C)c1. The van der Waals surface area contributed by atoms with Crippen molar-refractivity contribution in [2.75, 3.05) is 12.4 Å². The molecule has 1 heterocycles. The number of carbonyl (C=O) groups is 1. The zero-order valence-electron chi connectivity index (χ0n) is 10.4. The number of ether oxygens (including phenoxy) is 1. The first-order valence-electron chi connectivity index (χ1n) is 5.59. The summed E-state index contributed by atoms with van der Waals surface area (Å²) < 4.78 is 6.84. The van der Waals surface area contributed by atoms with Gasteiger partial charge in [-0.3, -0.25) is 9.48 Å². The molecule has 0 aliphatic heterocycles. The van der Waals surface area contributed by atoms with E-state index in [1.807, 2.05) is 24.3 Å². The van der Waals surface area contributed by atoms with E-state index in [9.17, 15) is 4.79 Å². The highest BCUT2D eigenvalue weighted by Crippen LogP contribution is 2.18. The van der Waals surface area contributed by atoms with Gasteiger partial charge in [0.15, 0.2) is 0 Å². The Kier molecular flexibility index (Phi) is 3.62. The fourth-order valence-electron chi connectivity index (χ4n) is 1.71. The average Bonchev–Trinajstić information content (AvgIpc) is 2.75. The van der Waals surface area contributed by atoms with Crippen LogP contribution in [0.25, 0.3) is 0 Å². The van der Waals surface area contributed by atoms with Gasteiger partial charge in [-0.05, 0) is 6.07 Å². The van der Waals surface area contributed by atoms with E-state index in [0.29, 0.717) is 5.69 Å². The Morgan fingerprint density at radius 2 is 2.22 bits per heavy atom. The van der Waals surface area contributed by atoms with E-state index in [1.165, 1.54) is 0 Å². The fraction of sp³-hybridized carbons (Fsp3) is 0.231. The molecule has 5 heteroatoms. The van der Waals surface area contributed by atoms with Gasteiger partial charge in [0.25, 0.3) is 0 Å². The van der Waals surface area contributed by atoms with Crippen LogP contribution in [0.3, 0.4) is 0 Å².